The lowest BCUT2D eigenvalue weighted by atomic mass is 10.1. The van der Waals surface area contributed by atoms with Crippen molar-refractivity contribution in [2.75, 3.05) is 0 Å². The van der Waals surface area contributed by atoms with Gasteiger partial charge in [0, 0.05) is 34.1 Å². The van der Waals surface area contributed by atoms with E-state index in [1.807, 2.05) is 48.5 Å². The molecule has 0 fully saturated rings. The Kier molecular flexibility index (Phi) is 5.51. The average molecular weight is 645 g/mol. The SMILES string of the molecule is Brc1ccc2oc3ccc(I)cc3c2c1.N#Cc1ccc2oc3ccc(Br)cc3c2c1. The molecular formula is C25H12Br2INO2. The van der Waals surface area contributed by atoms with Crippen LogP contribution in [0.5, 0.6) is 0 Å². The summed E-state index contributed by atoms with van der Waals surface area (Å²) >= 11 is 9.22. The molecule has 0 aliphatic heterocycles. The van der Waals surface area contributed by atoms with Crippen molar-refractivity contribution in [3.63, 3.8) is 0 Å². The fourth-order valence-corrected chi connectivity index (χ4v) is 4.75. The second-order valence-corrected chi connectivity index (χ2v) is 10.0. The van der Waals surface area contributed by atoms with E-state index in [1.54, 1.807) is 6.07 Å². The molecule has 31 heavy (non-hydrogen) atoms. The van der Waals surface area contributed by atoms with Crippen LogP contribution in [0.2, 0.25) is 0 Å². The number of rotatable bonds is 0. The summed E-state index contributed by atoms with van der Waals surface area (Å²) in [5.41, 5.74) is 4.19. The molecule has 6 heteroatoms. The van der Waals surface area contributed by atoms with E-state index in [2.05, 4.69) is 78.7 Å². The Balaban J connectivity index is 0.000000132. The number of nitrogens with zero attached hydrogens (tertiary/aromatic N) is 1. The Bertz CT molecular complexity index is 1590. The van der Waals surface area contributed by atoms with E-state index in [1.165, 1.54) is 8.96 Å². The highest BCUT2D eigenvalue weighted by atomic mass is 127. The number of halogens is 3. The topological polar surface area (TPSA) is 50.1 Å². The maximum Gasteiger partial charge on any atom is 0.135 e. The normalized spacial score (nSPS) is 11.0. The second-order valence-electron chi connectivity index (χ2n) is 6.95. The smallest absolute Gasteiger partial charge is 0.135 e. The number of hydrogen-bond acceptors (Lipinski definition) is 3. The van der Waals surface area contributed by atoms with Gasteiger partial charge in [-0.15, -0.1) is 0 Å². The molecule has 2 aromatic heterocycles. The van der Waals surface area contributed by atoms with Crippen LogP contribution in [0.15, 0.2) is 90.6 Å². The first-order chi connectivity index (χ1) is 15.0. The van der Waals surface area contributed by atoms with Gasteiger partial charge in [-0.3, -0.25) is 0 Å². The fourth-order valence-electron chi connectivity index (χ4n) is 3.54. The molecule has 0 radical (unpaired) electrons. The Morgan fingerprint density at radius 1 is 0.613 bits per heavy atom. The summed E-state index contributed by atoms with van der Waals surface area (Å²) < 4.78 is 14.7. The predicted octanol–water partition coefficient (Wildman–Crippen LogP) is 9.17. The third-order valence-corrected chi connectivity index (χ3v) is 6.61. The summed E-state index contributed by atoms with van der Waals surface area (Å²) in [6.45, 7) is 0. The van der Waals surface area contributed by atoms with Crippen LogP contribution in [0.3, 0.4) is 0 Å². The summed E-state index contributed by atoms with van der Waals surface area (Å²) in [5.74, 6) is 0. The van der Waals surface area contributed by atoms with Gasteiger partial charge in [-0.05, 0) is 95.4 Å². The van der Waals surface area contributed by atoms with Crippen molar-refractivity contribution in [2.45, 2.75) is 0 Å². The van der Waals surface area contributed by atoms with Crippen LogP contribution in [0.1, 0.15) is 5.56 Å². The number of furan rings is 2. The van der Waals surface area contributed by atoms with Crippen LogP contribution in [0, 0.1) is 14.9 Å². The highest BCUT2D eigenvalue weighted by Gasteiger charge is 2.08. The van der Waals surface area contributed by atoms with E-state index in [-0.39, 0.29) is 0 Å². The van der Waals surface area contributed by atoms with Crippen LogP contribution in [-0.2, 0) is 0 Å². The van der Waals surface area contributed by atoms with E-state index in [9.17, 15) is 0 Å². The Labute approximate surface area is 208 Å². The van der Waals surface area contributed by atoms with Gasteiger partial charge in [0.1, 0.15) is 22.3 Å². The molecule has 0 unspecified atom stereocenters. The van der Waals surface area contributed by atoms with E-state index in [4.69, 9.17) is 14.1 Å². The van der Waals surface area contributed by atoms with Gasteiger partial charge < -0.3 is 8.83 Å². The third-order valence-electron chi connectivity index (χ3n) is 4.95. The van der Waals surface area contributed by atoms with Crippen molar-refractivity contribution in [2.24, 2.45) is 0 Å². The van der Waals surface area contributed by atoms with Crippen LogP contribution < -0.4 is 0 Å². The van der Waals surface area contributed by atoms with Crippen LogP contribution in [0.25, 0.3) is 43.9 Å². The van der Waals surface area contributed by atoms with Crippen molar-refractivity contribution < 1.29 is 8.83 Å². The molecule has 150 valence electrons. The number of hydrogen-bond donors (Lipinski definition) is 0. The highest BCUT2D eigenvalue weighted by Crippen LogP contribution is 2.32. The lowest BCUT2D eigenvalue weighted by Crippen LogP contribution is -1.72. The summed E-state index contributed by atoms with van der Waals surface area (Å²) in [4.78, 5) is 0. The van der Waals surface area contributed by atoms with Crippen molar-refractivity contribution >= 4 is 98.3 Å². The zero-order valence-corrected chi connectivity index (χ0v) is 21.2. The fraction of sp³-hybridized carbons (Fsp3) is 0. The van der Waals surface area contributed by atoms with Gasteiger partial charge in [0.05, 0.1) is 11.6 Å². The van der Waals surface area contributed by atoms with Gasteiger partial charge in [0.25, 0.3) is 0 Å². The molecule has 6 rings (SSSR count). The molecule has 3 nitrogen and oxygen atoms in total. The molecule has 0 aliphatic rings. The number of fused-ring (bicyclic) bond motifs is 6. The molecule has 0 spiro atoms. The molecule has 4 aromatic carbocycles. The Morgan fingerprint density at radius 2 is 1.06 bits per heavy atom. The number of benzene rings is 4. The minimum absolute atomic E-state index is 0.648. The van der Waals surface area contributed by atoms with Crippen LogP contribution >= 0.6 is 54.5 Å². The highest BCUT2D eigenvalue weighted by molar-refractivity contribution is 14.1. The zero-order valence-electron chi connectivity index (χ0n) is 15.8. The zero-order chi connectivity index (χ0) is 21.5. The quantitative estimate of drug-likeness (QED) is 0.155. The summed E-state index contributed by atoms with van der Waals surface area (Å²) in [6.07, 6.45) is 0. The van der Waals surface area contributed by atoms with Crippen molar-refractivity contribution in [1.82, 2.24) is 0 Å². The first-order valence-corrected chi connectivity index (χ1v) is 12.0. The van der Waals surface area contributed by atoms with E-state index in [0.717, 1.165) is 47.4 Å². The molecule has 0 amide bonds. The maximum atomic E-state index is 8.87. The lowest BCUT2D eigenvalue weighted by Gasteiger charge is -1.91. The van der Waals surface area contributed by atoms with Crippen molar-refractivity contribution in [3.8, 4) is 6.07 Å². The van der Waals surface area contributed by atoms with Gasteiger partial charge in [0.2, 0.25) is 0 Å². The van der Waals surface area contributed by atoms with Gasteiger partial charge in [-0.2, -0.15) is 5.26 Å². The molecule has 0 N–H and O–H groups in total. The van der Waals surface area contributed by atoms with Crippen molar-refractivity contribution in [1.29, 1.82) is 5.26 Å². The largest absolute Gasteiger partial charge is 0.456 e. The molecule has 0 atom stereocenters. The monoisotopic (exact) mass is 643 g/mol. The van der Waals surface area contributed by atoms with Gasteiger partial charge in [0.15, 0.2) is 0 Å². The third kappa shape index (κ3) is 3.98. The van der Waals surface area contributed by atoms with Gasteiger partial charge in [-0.1, -0.05) is 31.9 Å². The Hall–Kier alpha value is -2.34. The van der Waals surface area contributed by atoms with E-state index in [0.29, 0.717) is 5.56 Å². The maximum absolute atomic E-state index is 8.87. The Morgan fingerprint density at radius 3 is 1.61 bits per heavy atom. The van der Waals surface area contributed by atoms with Crippen LogP contribution in [-0.4, -0.2) is 0 Å². The predicted molar refractivity (Wildman–Crippen MR) is 140 cm³/mol. The summed E-state index contributed by atoms with van der Waals surface area (Å²) in [7, 11) is 0. The van der Waals surface area contributed by atoms with E-state index < -0.39 is 0 Å². The number of nitriles is 1. The van der Waals surface area contributed by atoms with Crippen molar-refractivity contribution in [3.05, 3.63) is 90.9 Å². The van der Waals surface area contributed by atoms with Crippen LogP contribution in [0.4, 0.5) is 0 Å². The van der Waals surface area contributed by atoms with Gasteiger partial charge >= 0.3 is 0 Å². The summed E-state index contributed by atoms with van der Waals surface area (Å²) in [5, 5.41) is 13.2. The van der Waals surface area contributed by atoms with E-state index >= 15 is 0 Å². The first kappa shape index (κ1) is 20.6. The first-order valence-electron chi connectivity index (χ1n) is 9.31. The standard InChI is InChI=1S/C13H6BrNO.C12H6BrIO/c14-9-2-4-13-11(6-9)10-5-8(7-15)1-3-12(10)16-13;13-7-1-3-11-9(5-7)10-6-8(14)2-4-12(10)15-11/h1-6H;1-6H. The molecular weight excluding hydrogens is 633 g/mol. The minimum atomic E-state index is 0.648. The molecule has 2 heterocycles. The molecule has 0 saturated heterocycles. The minimum Gasteiger partial charge on any atom is -0.456 e. The molecule has 0 bridgehead atoms. The summed E-state index contributed by atoms with van der Waals surface area (Å²) in [6, 6.07) is 25.8. The lowest BCUT2D eigenvalue weighted by molar-refractivity contribution is 0.668. The molecule has 6 aromatic rings. The average Bonchev–Trinajstić information content (AvgIpc) is 3.31. The second kappa shape index (κ2) is 8.30. The van der Waals surface area contributed by atoms with Gasteiger partial charge in [-0.25, -0.2) is 0 Å². The molecule has 0 aliphatic carbocycles. The molecule has 0 saturated carbocycles.